The average molecular weight is 320 g/mol. The normalized spacial score (nSPS) is 13.0. The molecule has 0 saturated heterocycles. The van der Waals surface area contributed by atoms with Crippen LogP contribution in [0, 0.1) is 5.82 Å². The highest BCUT2D eigenvalue weighted by Crippen LogP contribution is 2.29. The largest absolute Gasteiger partial charge is 0.573 e. The van der Waals surface area contributed by atoms with Gasteiger partial charge in [0, 0.05) is 5.02 Å². The number of halogens is 5. The molecule has 0 aliphatic heterocycles. The standard InChI is InChI=1S/C14H10ClF4NO/c15-12-7-9(16)3-6-11(12)13(20)8-1-4-10(5-2-8)21-14(17,18)19/h1-7,13H,20H2/t13-/m1/s1. The van der Waals surface area contributed by atoms with E-state index in [1.165, 1.54) is 24.3 Å². The van der Waals surface area contributed by atoms with Gasteiger partial charge in [0.05, 0.1) is 6.04 Å². The summed E-state index contributed by atoms with van der Waals surface area (Å²) >= 11 is 5.90. The summed E-state index contributed by atoms with van der Waals surface area (Å²) < 4.78 is 52.9. The molecule has 0 spiro atoms. The second kappa shape index (κ2) is 5.91. The molecule has 0 aliphatic rings. The number of nitrogens with two attached hydrogens (primary N) is 1. The molecule has 0 aromatic heterocycles. The van der Waals surface area contributed by atoms with Crippen LogP contribution in [0.4, 0.5) is 17.6 Å². The maximum atomic E-state index is 13.0. The van der Waals surface area contributed by atoms with Crippen molar-refractivity contribution in [2.45, 2.75) is 12.4 Å². The van der Waals surface area contributed by atoms with Gasteiger partial charge in [-0.05, 0) is 35.4 Å². The molecule has 2 rings (SSSR count). The first-order chi connectivity index (χ1) is 9.76. The molecule has 21 heavy (non-hydrogen) atoms. The van der Waals surface area contributed by atoms with E-state index < -0.39 is 18.2 Å². The molecule has 0 amide bonds. The third kappa shape index (κ3) is 4.09. The monoisotopic (exact) mass is 319 g/mol. The minimum atomic E-state index is -4.75. The van der Waals surface area contributed by atoms with Crippen molar-refractivity contribution < 1.29 is 22.3 Å². The maximum Gasteiger partial charge on any atom is 0.573 e. The van der Waals surface area contributed by atoms with Gasteiger partial charge in [-0.15, -0.1) is 13.2 Å². The molecule has 0 heterocycles. The van der Waals surface area contributed by atoms with Gasteiger partial charge in [-0.2, -0.15) is 0 Å². The summed E-state index contributed by atoms with van der Waals surface area (Å²) in [5.74, 6) is -0.839. The van der Waals surface area contributed by atoms with Crippen molar-refractivity contribution in [3.05, 3.63) is 64.4 Å². The zero-order chi connectivity index (χ0) is 15.6. The number of hydrogen-bond acceptors (Lipinski definition) is 2. The van der Waals surface area contributed by atoms with E-state index >= 15 is 0 Å². The smallest absolute Gasteiger partial charge is 0.406 e. The van der Waals surface area contributed by atoms with Crippen molar-refractivity contribution in [3.63, 3.8) is 0 Å². The molecule has 112 valence electrons. The van der Waals surface area contributed by atoms with Crippen LogP contribution in [0.15, 0.2) is 42.5 Å². The minimum absolute atomic E-state index is 0.151. The first kappa shape index (κ1) is 15.6. The first-order valence-corrected chi connectivity index (χ1v) is 6.20. The Balaban J connectivity index is 2.22. The summed E-state index contributed by atoms with van der Waals surface area (Å²) in [6.07, 6.45) is -4.75. The summed E-state index contributed by atoms with van der Waals surface area (Å²) in [5.41, 5.74) is 6.98. The molecule has 0 fully saturated rings. The van der Waals surface area contributed by atoms with E-state index in [4.69, 9.17) is 17.3 Å². The summed E-state index contributed by atoms with van der Waals surface area (Å²) in [6, 6.07) is 8.18. The van der Waals surface area contributed by atoms with Crippen LogP contribution in [0.2, 0.25) is 5.02 Å². The predicted molar refractivity (Wildman–Crippen MR) is 70.6 cm³/mol. The highest BCUT2D eigenvalue weighted by molar-refractivity contribution is 6.31. The highest BCUT2D eigenvalue weighted by Gasteiger charge is 2.31. The van der Waals surface area contributed by atoms with Crippen molar-refractivity contribution in [2.24, 2.45) is 5.73 Å². The van der Waals surface area contributed by atoms with E-state index in [2.05, 4.69) is 4.74 Å². The maximum absolute atomic E-state index is 13.0. The number of benzene rings is 2. The molecule has 0 aliphatic carbocycles. The van der Waals surface area contributed by atoms with Gasteiger partial charge in [-0.3, -0.25) is 0 Å². The van der Waals surface area contributed by atoms with E-state index in [1.54, 1.807) is 0 Å². The van der Waals surface area contributed by atoms with Gasteiger partial charge in [0.25, 0.3) is 0 Å². The molecular formula is C14H10ClF4NO. The van der Waals surface area contributed by atoms with E-state index in [0.29, 0.717) is 11.1 Å². The van der Waals surface area contributed by atoms with Crippen LogP contribution < -0.4 is 10.5 Å². The topological polar surface area (TPSA) is 35.2 Å². The van der Waals surface area contributed by atoms with Crippen LogP contribution in [0.5, 0.6) is 5.75 Å². The van der Waals surface area contributed by atoms with E-state index in [1.807, 2.05) is 0 Å². The second-order valence-corrected chi connectivity index (χ2v) is 4.67. The number of ether oxygens (including phenoxy) is 1. The lowest BCUT2D eigenvalue weighted by molar-refractivity contribution is -0.274. The molecule has 2 aromatic carbocycles. The summed E-state index contributed by atoms with van der Waals surface area (Å²) in [7, 11) is 0. The van der Waals surface area contributed by atoms with Gasteiger partial charge >= 0.3 is 6.36 Å². The Morgan fingerprint density at radius 2 is 1.67 bits per heavy atom. The molecule has 0 radical (unpaired) electrons. The van der Waals surface area contributed by atoms with E-state index in [9.17, 15) is 17.6 Å². The van der Waals surface area contributed by atoms with Crippen LogP contribution in [0.1, 0.15) is 17.2 Å². The predicted octanol–water partition coefficient (Wildman–Crippen LogP) is 4.43. The molecular weight excluding hydrogens is 310 g/mol. The van der Waals surface area contributed by atoms with Crippen LogP contribution in [-0.2, 0) is 0 Å². The number of rotatable bonds is 3. The Morgan fingerprint density at radius 3 is 2.19 bits per heavy atom. The van der Waals surface area contributed by atoms with Gasteiger partial charge < -0.3 is 10.5 Å². The van der Waals surface area contributed by atoms with Crippen molar-refractivity contribution >= 4 is 11.6 Å². The van der Waals surface area contributed by atoms with Crippen LogP contribution in [0.25, 0.3) is 0 Å². The van der Waals surface area contributed by atoms with Crippen LogP contribution >= 0.6 is 11.6 Å². The third-order valence-corrected chi connectivity index (χ3v) is 3.10. The summed E-state index contributed by atoms with van der Waals surface area (Å²) in [5, 5.41) is 0.151. The zero-order valence-electron chi connectivity index (χ0n) is 10.5. The molecule has 0 bridgehead atoms. The Hall–Kier alpha value is -1.79. The fourth-order valence-electron chi connectivity index (χ4n) is 1.81. The summed E-state index contributed by atoms with van der Waals surface area (Å²) in [6.45, 7) is 0. The fraction of sp³-hybridized carbons (Fsp3) is 0.143. The lowest BCUT2D eigenvalue weighted by atomic mass is 9.99. The SMILES string of the molecule is N[C@H](c1ccc(OC(F)(F)F)cc1)c1ccc(F)cc1Cl. The van der Waals surface area contributed by atoms with Gasteiger partial charge in [-0.25, -0.2) is 4.39 Å². The lowest BCUT2D eigenvalue weighted by Crippen LogP contribution is -2.17. The van der Waals surface area contributed by atoms with Gasteiger partial charge in [0.2, 0.25) is 0 Å². The Labute approximate surface area is 123 Å². The highest BCUT2D eigenvalue weighted by atomic mass is 35.5. The van der Waals surface area contributed by atoms with Crippen molar-refractivity contribution in [2.75, 3.05) is 0 Å². The first-order valence-electron chi connectivity index (χ1n) is 5.82. The fourth-order valence-corrected chi connectivity index (χ4v) is 2.09. The van der Waals surface area contributed by atoms with Gasteiger partial charge in [0.15, 0.2) is 0 Å². The summed E-state index contributed by atoms with van der Waals surface area (Å²) in [4.78, 5) is 0. The zero-order valence-corrected chi connectivity index (χ0v) is 11.3. The van der Waals surface area contributed by atoms with Crippen molar-refractivity contribution in [1.82, 2.24) is 0 Å². The van der Waals surface area contributed by atoms with E-state index in [-0.39, 0.29) is 10.8 Å². The Kier molecular flexibility index (Phi) is 4.39. The number of hydrogen-bond donors (Lipinski definition) is 1. The second-order valence-electron chi connectivity index (χ2n) is 4.26. The molecule has 2 N–H and O–H groups in total. The van der Waals surface area contributed by atoms with Gasteiger partial charge in [-0.1, -0.05) is 29.8 Å². The molecule has 0 unspecified atom stereocenters. The van der Waals surface area contributed by atoms with E-state index in [0.717, 1.165) is 18.2 Å². The number of alkyl halides is 3. The molecule has 7 heteroatoms. The Bertz CT molecular complexity index is 628. The van der Waals surface area contributed by atoms with Crippen LogP contribution in [0.3, 0.4) is 0 Å². The van der Waals surface area contributed by atoms with Crippen molar-refractivity contribution in [1.29, 1.82) is 0 Å². The van der Waals surface area contributed by atoms with Crippen molar-refractivity contribution in [3.8, 4) is 5.75 Å². The molecule has 2 nitrogen and oxygen atoms in total. The molecule has 1 atom stereocenters. The Morgan fingerprint density at radius 1 is 1.05 bits per heavy atom. The third-order valence-electron chi connectivity index (χ3n) is 2.77. The van der Waals surface area contributed by atoms with Gasteiger partial charge in [0.1, 0.15) is 11.6 Å². The minimum Gasteiger partial charge on any atom is -0.406 e. The average Bonchev–Trinajstić information content (AvgIpc) is 2.37. The van der Waals surface area contributed by atoms with Crippen LogP contribution in [-0.4, -0.2) is 6.36 Å². The molecule has 2 aromatic rings. The molecule has 0 saturated carbocycles. The quantitative estimate of drug-likeness (QED) is 0.850. The lowest BCUT2D eigenvalue weighted by Gasteiger charge is -2.15.